The summed E-state index contributed by atoms with van der Waals surface area (Å²) in [5, 5.41) is 8.94. The zero-order valence-corrected chi connectivity index (χ0v) is 19.3. The lowest BCUT2D eigenvalue weighted by Crippen LogP contribution is -2.36. The zero-order chi connectivity index (χ0) is 24.0. The van der Waals surface area contributed by atoms with Gasteiger partial charge in [0.15, 0.2) is 0 Å². The normalized spacial score (nSPS) is 15.3. The summed E-state index contributed by atoms with van der Waals surface area (Å²) < 4.78 is 37.8. The molecule has 2 aromatic carbocycles. The van der Waals surface area contributed by atoms with E-state index in [0.29, 0.717) is 31.6 Å². The molecule has 0 unspecified atom stereocenters. The van der Waals surface area contributed by atoms with Gasteiger partial charge in [0, 0.05) is 26.2 Å². The van der Waals surface area contributed by atoms with Crippen molar-refractivity contribution in [1.29, 1.82) is 5.26 Å². The fourth-order valence-electron chi connectivity index (χ4n) is 3.69. The van der Waals surface area contributed by atoms with Gasteiger partial charge >= 0.3 is 11.9 Å². The first-order valence-electron chi connectivity index (χ1n) is 10.3. The predicted molar refractivity (Wildman–Crippen MR) is 119 cm³/mol. The van der Waals surface area contributed by atoms with E-state index < -0.39 is 22.0 Å². The SMILES string of the molecule is COC(=O)c1ccc(C(=O)OC)c(S(=O)(=O)N2CCCN(Cc3ccc(C#N)cc3)CC2)c1. The van der Waals surface area contributed by atoms with Crippen LogP contribution in [0, 0.1) is 11.3 Å². The molecule has 0 N–H and O–H groups in total. The van der Waals surface area contributed by atoms with Gasteiger partial charge in [0.25, 0.3) is 0 Å². The average Bonchev–Trinajstić information content (AvgIpc) is 3.09. The highest BCUT2D eigenvalue weighted by atomic mass is 32.2. The van der Waals surface area contributed by atoms with Crippen LogP contribution in [0.2, 0.25) is 0 Å². The minimum absolute atomic E-state index is 0.0287. The van der Waals surface area contributed by atoms with E-state index in [1.165, 1.54) is 30.7 Å². The third kappa shape index (κ3) is 5.57. The smallest absolute Gasteiger partial charge is 0.339 e. The number of carbonyl (C=O) groups is 2. The van der Waals surface area contributed by atoms with Crippen molar-refractivity contribution in [2.45, 2.75) is 17.9 Å². The molecule has 33 heavy (non-hydrogen) atoms. The van der Waals surface area contributed by atoms with Crippen molar-refractivity contribution in [3.8, 4) is 6.07 Å². The Morgan fingerprint density at radius 2 is 1.67 bits per heavy atom. The van der Waals surface area contributed by atoms with Crippen molar-refractivity contribution >= 4 is 22.0 Å². The third-order valence-corrected chi connectivity index (χ3v) is 7.40. The molecule has 0 bridgehead atoms. The van der Waals surface area contributed by atoms with Gasteiger partial charge in [-0.05, 0) is 48.9 Å². The number of benzene rings is 2. The van der Waals surface area contributed by atoms with Crippen LogP contribution in [-0.4, -0.2) is 70.0 Å². The van der Waals surface area contributed by atoms with Gasteiger partial charge in [-0.15, -0.1) is 0 Å². The molecule has 0 aliphatic carbocycles. The number of nitrogens with zero attached hydrogens (tertiary/aromatic N) is 3. The van der Waals surface area contributed by atoms with E-state index >= 15 is 0 Å². The third-order valence-electron chi connectivity index (χ3n) is 5.46. The second kappa shape index (κ2) is 10.6. The fraction of sp³-hybridized carbons (Fsp3) is 0.348. The first-order chi connectivity index (χ1) is 15.8. The molecule has 174 valence electrons. The number of nitriles is 1. The molecule has 1 aliphatic heterocycles. The Hall–Kier alpha value is -3.26. The van der Waals surface area contributed by atoms with Gasteiger partial charge in [0.1, 0.15) is 0 Å². The number of carbonyl (C=O) groups excluding carboxylic acids is 2. The van der Waals surface area contributed by atoms with Gasteiger partial charge in [-0.2, -0.15) is 9.57 Å². The highest BCUT2D eigenvalue weighted by Crippen LogP contribution is 2.25. The first-order valence-corrected chi connectivity index (χ1v) is 11.8. The molecule has 0 saturated carbocycles. The largest absolute Gasteiger partial charge is 0.465 e. The van der Waals surface area contributed by atoms with Gasteiger partial charge in [-0.1, -0.05) is 12.1 Å². The summed E-state index contributed by atoms with van der Waals surface area (Å²) in [6.07, 6.45) is 0.597. The fourth-order valence-corrected chi connectivity index (χ4v) is 5.36. The molecule has 3 rings (SSSR count). The second-order valence-corrected chi connectivity index (χ2v) is 9.44. The van der Waals surface area contributed by atoms with Gasteiger partial charge in [0.05, 0.1) is 41.9 Å². The minimum atomic E-state index is -4.08. The molecule has 9 nitrogen and oxygen atoms in total. The summed E-state index contributed by atoms with van der Waals surface area (Å²) in [7, 11) is -1.72. The van der Waals surface area contributed by atoms with Crippen LogP contribution >= 0.6 is 0 Å². The maximum absolute atomic E-state index is 13.5. The van der Waals surface area contributed by atoms with E-state index in [4.69, 9.17) is 14.7 Å². The van der Waals surface area contributed by atoms with E-state index in [0.717, 1.165) is 11.6 Å². The lowest BCUT2D eigenvalue weighted by Gasteiger charge is -2.23. The summed E-state index contributed by atoms with van der Waals surface area (Å²) >= 11 is 0. The van der Waals surface area contributed by atoms with E-state index in [2.05, 4.69) is 11.0 Å². The van der Waals surface area contributed by atoms with Crippen molar-refractivity contribution in [3.63, 3.8) is 0 Å². The van der Waals surface area contributed by atoms with E-state index in [-0.39, 0.29) is 29.1 Å². The van der Waals surface area contributed by atoms with Crippen molar-refractivity contribution in [3.05, 3.63) is 64.7 Å². The van der Waals surface area contributed by atoms with Crippen LogP contribution in [0.4, 0.5) is 0 Å². The highest BCUT2D eigenvalue weighted by molar-refractivity contribution is 7.89. The summed E-state index contributed by atoms with van der Waals surface area (Å²) in [4.78, 5) is 26.1. The van der Waals surface area contributed by atoms with Crippen LogP contribution in [0.1, 0.15) is 38.3 Å². The molecule has 1 heterocycles. The Balaban J connectivity index is 1.83. The summed E-state index contributed by atoms with van der Waals surface area (Å²) in [6, 6.07) is 13.1. The number of hydrogen-bond donors (Lipinski definition) is 0. The van der Waals surface area contributed by atoms with Gasteiger partial charge in [0.2, 0.25) is 10.0 Å². The molecule has 0 spiro atoms. The summed E-state index contributed by atoms with van der Waals surface area (Å²) in [6.45, 7) is 2.31. The molecule has 0 aromatic heterocycles. The van der Waals surface area contributed by atoms with E-state index in [1.807, 2.05) is 12.1 Å². The molecule has 0 amide bonds. The van der Waals surface area contributed by atoms with E-state index in [9.17, 15) is 18.0 Å². The molecule has 0 atom stereocenters. The Bertz CT molecular complexity index is 1170. The quantitative estimate of drug-likeness (QED) is 0.588. The monoisotopic (exact) mass is 471 g/mol. The standard InChI is InChI=1S/C23H25N3O6S/c1-31-22(27)19-8-9-20(23(28)32-2)21(14-19)33(29,30)26-11-3-10-25(12-13-26)16-18-6-4-17(15-24)5-7-18/h4-9,14H,3,10-13,16H2,1-2H3. The average molecular weight is 472 g/mol. The number of methoxy groups -OCH3 is 2. The highest BCUT2D eigenvalue weighted by Gasteiger charge is 2.32. The maximum atomic E-state index is 13.5. The number of ether oxygens (including phenoxy) is 2. The summed E-state index contributed by atoms with van der Waals surface area (Å²) in [5.41, 5.74) is 1.51. The van der Waals surface area contributed by atoms with Crippen LogP contribution < -0.4 is 0 Å². The zero-order valence-electron chi connectivity index (χ0n) is 18.5. The maximum Gasteiger partial charge on any atom is 0.339 e. The lowest BCUT2D eigenvalue weighted by atomic mass is 10.1. The van der Waals surface area contributed by atoms with Crippen LogP contribution in [0.3, 0.4) is 0 Å². The van der Waals surface area contributed by atoms with Crippen molar-refractivity contribution in [2.75, 3.05) is 40.4 Å². The van der Waals surface area contributed by atoms with Gasteiger partial charge in [-0.3, -0.25) is 4.90 Å². The van der Waals surface area contributed by atoms with Crippen LogP contribution in [0.25, 0.3) is 0 Å². The Labute approximate surface area is 193 Å². The van der Waals surface area contributed by atoms with Gasteiger partial charge < -0.3 is 9.47 Å². The number of hydrogen-bond acceptors (Lipinski definition) is 8. The molecule has 10 heteroatoms. The Kier molecular flexibility index (Phi) is 7.81. The van der Waals surface area contributed by atoms with Crippen molar-refractivity contribution in [2.24, 2.45) is 0 Å². The summed E-state index contributed by atoms with van der Waals surface area (Å²) in [5.74, 6) is -1.51. The predicted octanol–water partition coefficient (Wildman–Crippen LogP) is 2.03. The Morgan fingerprint density at radius 1 is 0.970 bits per heavy atom. The molecular formula is C23H25N3O6S. The number of rotatable bonds is 6. The topological polar surface area (TPSA) is 117 Å². The molecule has 1 aliphatic rings. The van der Waals surface area contributed by atoms with E-state index in [1.54, 1.807) is 12.1 Å². The molecule has 1 fully saturated rings. The second-order valence-electron chi connectivity index (χ2n) is 7.54. The first kappa shape index (κ1) is 24.4. The van der Waals surface area contributed by atoms with Crippen LogP contribution in [0.5, 0.6) is 0 Å². The molecule has 0 radical (unpaired) electrons. The molecular weight excluding hydrogens is 446 g/mol. The molecule has 2 aromatic rings. The van der Waals surface area contributed by atoms with Gasteiger partial charge in [-0.25, -0.2) is 18.0 Å². The Morgan fingerprint density at radius 3 is 2.30 bits per heavy atom. The van der Waals surface area contributed by atoms with Crippen molar-refractivity contribution < 1.29 is 27.5 Å². The molecule has 1 saturated heterocycles. The number of sulfonamides is 1. The number of esters is 2. The minimum Gasteiger partial charge on any atom is -0.465 e. The lowest BCUT2D eigenvalue weighted by molar-refractivity contribution is 0.0583. The van der Waals surface area contributed by atoms with Crippen LogP contribution in [-0.2, 0) is 26.0 Å². The van der Waals surface area contributed by atoms with Crippen molar-refractivity contribution in [1.82, 2.24) is 9.21 Å². The van der Waals surface area contributed by atoms with Crippen LogP contribution in [0.15, 0.2) is 47.4 Å².